The number of rotatable bonds is 6. The van der Waals surface area contributed by atoms with Crippen LogP contribution in [0, 0.1) is 5.92 Å². The number of hydrogen-bond acceptors (Lipinski definition) is 4. The standard InChI is InChI=1S/C9H18N4O3/c1-3-7(8(10)13-16)9(15)12-5-4-11-6(2)14/h7,16H,3-5H2,1-2H3,(H2,10,13)(H,11,14)(H,12,15). The summed E-state index contributed by atoms with van der Waals surface area (Å²) in [6.07, 6.45) is 0.446. The SMILES string of the molecule is CCC(C(=O)NCCNC(C)=O)C(N)=NO. The molecule has 5 N–H and O–H groups in total. The first-order chi connectivity index (χ1) is 7.52. The van der Waals surface area contributed by atoms with Crippen molar-refractivity contribution in [3.8, 4) is 0 Å². The highest BCUT2D eigenvalue weighted by Crippen LogP contribution is 2.02. The first-order valence-corrected chi connectivity index (χ1v) is 5.02. The fourth-order valence-electron chi connectivity index (χ4n) is 1.15. The van der Waals surface area contributed by atoms with Crippen LogP contribution in [0.5, 0.6) is 0 Å². The predicted octanol–water partition coefficient (Wildman–Crippen LogP) is -0.989. The maximum Gasteiger partial charge on any atom is 0.230 e. The van der Waals surface area contributed by atoms with E-state index in [1.807, 2.05) is 0 Å². The van der Waals surface area contributed by atoms with E-state index in [4.69, 9.17) is 10.9 Å². The number of carbonyl (C=O) groups is 2. The van der Waals surface area contributed by atoms with E-state index >= 15 is 0 Å². The minimum Gasteiger partial charge on any atom is -0.409 e. The van der Waals surface area contributed by atoms with Crippen molar-refractivity contribution >= 4 is 17.6 Å². The Hall–Kier alpha value is -1.79. The Bertz CT molecular complexity index is 278. The van der Waals surface area contributed by atoms with Crippen LogP contribution in [0.4, 0.5) is 0 Å². The Morgan fingerprint density at radius 1 is 1.38 bits per heavy atom. The summed E-state index contributed by atoms with van der Waals surface area (Å²) in [5.74, 6) is -1.22. The molecule has 0 heterocycles. The van der Waals surface area contributed by atoms with Gasteiger partial charge in [0.15, 0.2) is 5.84 Å². The molecule has 0 aliphatic carbocycles. The van der Waals surface area contributed by atoms with E-state index in [1.54, 1.807) is 6.92 Å². The summed E-state index contributed by atoms with van der Waals surface area (Å²) in [7, 11) is 0. The molecule has 7 nitrogen and oxygen atoms in total. The Kier molecular flexibility index (Phi) is 6.66. The molecule has 0 aromatic rings. The highest BCUT2D eigenvalue weighted by molar-refractivity contribution is 6.01. The van der Waals surface area contributed by atoms with E-state index in [9.17, 15) is 9.59 Å². The Balaban J connectivity index is 3.99. The smallest absolute Gasteiger partial charge is 0.230 e. The number of amidine groups is 1. The van der Waals surface area contributed by atoms with Crippen LogP contribution in [0.1, 0.15) is 20.3 Å². The van der Waals surface area contributed by atoms with E-state index in [0.717, 1.165) is 0 Å². The van der Waals surface area contributed by atoms with Gasteiger partial charge in [-0.15, -0.1) is 0 Å². The molecule has 0 rings (SSSR count). The van der Waals surface area contributed by atoms with E-state index in [2.05, 4.69) is 15.8 Å². The molecule has 1 unspecified atom stereocenters. The zero-order valence-electron chi connectivity index (χ0n) is 9.49. The van der Waals surface area contributed by atoms with Gasteiger partial charge in [0.25, 0.3) is 0 Å². The first-order valence-electron chi connectivity index (χ1n) is 5.02. The summed E-state index contributed by atoms with van der Waals surface area (Å²) in [5.41, 5.74) is 5.35. The molecule has 0 saturated heterocycles. The largest absolute Gasteiger partial charge is 0.409 e. The molecule has 92 valence electrons. The Morgan fingerprint density at radius 3 is 2.38 bits per heavy atom. The molecule has 16 heavy (non-hydrogen) atoms. The zero-order chi connectivity index (χ0) is 12.6. The highest BCUT2D eigenvalue weighted by atomic mass is 16.4. The van der Waals surface area contributed by atoms with E-state index in [-0.39, 0.29) is 17.6 Å². The molecule has 0 radical (unpaired) electrons. The molecule has 0 spiro atoms. The lowest BCUT2D eigenvalue weighted by Crippen LogP contribution is -2.41. The second-order valence-corrected chi connectivity index (χ2v) is 3.26. The second kappa shape index (κ2) is 7.49. The van der Waals surface area contributed by atoms with Crippen molar-refractivity contribution in [2.24, 2.45) is 16.8 Å². The van der Waals surface area contributed by atoms with Crippen LogP contribution < -0.4 is 16.4 Å². The van der Waals surface area contributed by atoms with E-state index in [1.165, 1.54) is 6.92 Å². The predicted molar refractivity (Wildman–Crippen MR) is 58.9 cm³/mol. The Morgan fingerprint density at radius 2 is 1.94 bits per heavy atom. The third-order valence-electron chi connectivity index (χ3n) is 2.00. The minimum atomic E-state index is -0.637. The number of nitrogens with two attached hydrogens (primary N) is 1. The van der Waals surface area contributed by atoms with Gasteiger partial charge in [-0.05, 0) is 6.42 Å². The van der Waals surface area contributed by atoms with Gasteiger partial charge < -0.3 is 21.6 Å². The number of oxime groups is 1. The van der Waals surface area contributed by atoms with Gasteiger partial charge in [0.2, 0.25) is 11.8 Å². The van der Waals surface area contributed by atoms with Crippen molar-refractivity contribution in [2.45, 2.75) is 20.3 Å². The van der Waals surface area contributed by atoms with Crippen LogP contribution >= 0.6 is 0 Å². The average Bonchev–Trinajstić information content (AvgIpc) is 2.24. The minimum absolute atomic E-state index is 0.112. The molecule has 0 saturated carbocycles. The third-order valence-corrected chi connectivity index (χ3v) is 2.00. The highest BCUT2D eigenvalue weighted by Gasteiger charge is 2.20. The van der Waals surface area contributed by atoms with Gasteiger partial charge in [-0.3, -0.25) is 9.59 Å². The fraction of sp³-hybridized carbons (Fsp3) is 0.667. The molecule has 1 atom stereocenters. The van der Waals surface area contributed by atoms with Crippen molar-refractivity contribution in [3.63, 3.8) is 0 Å². The van der Waals surface area contributed by atoms with Crippen LogP contribution in [-0.4, -0.2) is 35.9 Å². The van der Waals surface area contributed by atoms with Crippen LogP contribution in [-0.2, 0) is 9.59 Å². The summed E-state index contributed by atoms with van der Waals surface area (Å²) >= 11 is 0. The van der Waals surface area contributed by atoms with Gasteiger partial charge >= 0.3 is 0 Å². The molecule has 0 aromatic heterocycles. The van der Waals surface area contributed by atoms with Gasteiger partial charge in [0, 0.05) is 20.0 Å². The number of amides is 2. The van der Waals surface area contributed by atoms with Gasteiger partial charge in [0.1, 0.15) is 0 Å². The molecule has 0 aliphatic rings. The normalized spacial score (nSPS) is 13.0. The van der Waals surface area contributed by atoms with Crippen molar-refractivity contribution in [1.82, 2.24) is 10.6 Å². The third kappa shape index (κ3) is 5.18. The zero-order valence-corrected chi connectivity index (χ0v) is 9.49. The van der Waals surface area contributed by atoms with Crippen molar-refractivity contribution in [1.29, 1.82) is 0 Å². The Labute approximate surface area is 94.1 Å². The lowest BCUT2D eigenvalue weighted by molar-refractivity contribution is -0.123. The van der Waals surface area contributed by atoms with Crippen LogP contribution in [0.2, 0.25) is 0 Å². The van der Waals surface area contributed by atoms with Gasteiger partial charge in [-0.2, -0.15) is 0 Å². The quantitative estimate of drug-likeness (QED) is 0.154. The molecular formula is C9H18N4O3. The number of hydrogen-bond donors (Lipinski definition) is 4. The molecule has 0 fully saturated rings. The average molecular weight is 230 g/mol. The summed E-state index contributed by atoms with van der Waals surface area (Å²) in [6, 6.07) is 0. The summed E-state index contributed by atoms with van der Waals surface area (Å²) in [6.45, 7) is 3.82. The summed E-state index contributed by atoms with van der Waals surface area (Å²) < 4.78 is 0. The molecular weight excluding hydrogens is 212 g/mol. The van der Waals surface area contributed by atoms with Crippen molar-refractivity contribution in [3.05, 3.63) is 0 Å². The lowest BCUT2D eigenvalue weighted by Gasteiger charge is -2.13. The van der Waals surface area contributed by atoms with Crippen molar-refractivity contribution < 1.29 is 14.8 Å². The second-order valence-electron chi connectivity index (χ2n) is 3.26. The molecule has 0 aliphatic heterocycles. The van der Waals surface area contributed by atoms with Gasteiger partial charge in [-0.25, -0.2) is 0 Å². The van der Waals surface area contributed by atoms with Gasteiger partial charge in [-0.1, -0.05) is 12.1 Å². The van der Waals surface area contributed by atoms with Gasteiger partial charge in [0.05, 0.1) is 5.92 Å². The van der Waals surface area contributed by atoms with Crippen LogP contribution in [0.15, 0.2) is 5.16 Å². The van der Waals surface area contributed by atoms with Crippen LogP contribution in [0.25, 0.3) is 0 Å². The molecule has 2 amide bonds. The maximum absolute atomic E-state index is 11.5. The number of nitrogens with one attached hydrogen (secondary N) is 2. The van der Waals surface area contributed by atoms with E-state index in [0.29, 0.717) is 19.5 Å². The van der Waals surface area contributed by atoms with E-state index < -0.39 is 5.92 Å². The maximum atomic E-state index is 11.5. The molecule has 7 heteroatoms. The fourth-order valence-corrected chi connectivity index (χ4v) is 1.15. The van der Waals surface area contributed by atoms with Crippen molar-refractivity contribution in [2.75, 3.05) is 13.1 Å². The topological polar surface area (TPSA) is 117 Å². The summed E-state index contributed by atoms with van der Waals surface area (Å²) in [4.78, 5) is 22.1. The monoisotopic (exact) mass is 230 g/mol. The number of carbonyl (C=O) groups excluding carboxylic acids is 2. The summed E-state index contributed by atoms with van der Waals surface area (Å²) in [5, 5.41) is 16.4. The lowest BCUT2D eigenvalue weighted by atomic mass is 10.1. The molecule has 0 aromatic carbocycles. The molecule has 0 bridgehead atoms. The van der Waals surface area contributed by atoms with Crippen LogP contribution in [0.3, 0.4) is 0 Å². The first kappa shape index (κ1) is 14.2. The number of nitrogens with zero attached hydrogens (tertiary/aromatic N) is 1.